The smallest absolute Gasteiger partial charge is 0.259 e. The Morgan fingerprint density at radius 1 is 1.32 bits per heavy atom. The molecule has 116 valence electrons. The number of aromatic nitrogens is 2. The third-order valence-corrected chi connectivity index (χ3v) is 4.63. The molecule has 0 bridgehead atoms. The van der Waals surface area contributed by atoms with Gasteiger partial charge in [-0.15, -0.1) is 11.3 Å². The van der Waals surface area contributed by atoms with Crippen LogP contribution in [-0.2, 0) is 6.54 Å². The lowest BCUT2D eigenvalue weighted by Crippen LogP contribution is -2.29. The summed E-state index contributed by atoms with van der Waals surface area (Å²) in [5.74, 6) is -0.219. The predicted octanol–water partition coefficient (Wildman–Crippen LogP) is 3.43. The topological polar surface area (TPSA) is 58.1 Å². The summed E-state index contributed by atoms with van der Waals surface area (Å²) in [7, 11) is 0. The van der Waals surface area contributed by atoms with Gasteiger partial charge in [0.15, 0.2) is 5.13 Å². The maximum absolute atomic E-state index is 12.1. The lowest BCUT2D eigenvalue weighted by atomic mass is 10.1. The first-order valence-electron chi connectivity index (χ1n) is 7.30. The van der Waals surface area contributed by atoms with Crippen LogP contribution in [0.5, 0.6) is 0 Å². The highest BCUT2D eigenvalue weighted by Gasteiger charge is 2.13. The fourth-order valence-corrected chi connectivity index (χ4v) is 3.27. The van der Waals surface area contributed by atoms with Crippen molar-refractivity contribution in [1.82, 2.24) is 14.9 Å². The zero-order valence-corrected chi connectivity index (χ0v) is 13.7. The molecule has 0 unspecified atom stereocenters. The molecule has 2 aromatic rings. The fraction of sp³-hybridized carbons (Fsp3) is 0.400. The molecular weight excluding hydrogens is 320 g/mol. The number of amides is 1. The first kappa shape index (κ1) is 15.4. The Balaban J connectivity index is 1.58. The number of nitrogens with zero attached hydrogens (tertiary/aromatic N) is 3. The van der Waals surface area contributed by atoms with Crippen LogP contribution < -0.4 is 5.32 Å². The minimum Gasteiger partial charge on any atom is -0.298 e. The van der Waals surface area contributed by atoms with Gasteiger partial charge in [0.05, 0.1) is 11.3 Å². The molecule has 1 fully saturated rings. The van der Waals surface area contributed by atoms with Crippen molar-refractivity contribution in [2.24, 2.45) is 0 Å². The highest BCUT2D eigenvalue weighted by atomic mass is 35.5. The second kappa shape index (κ2) is 7.17. The van der Waals surface area contributed by atoms with Crippen molar-refractivity contribution in [3.05, 3.63) is 40.1 Å². The molecule has 1 aliphatic heterocycles. The van der Waals surface area contributed by atoms with Crippen molar-refractivity contribution in [2.45, 2.75) is 25.8 Å². The average molecular weight is 337 g/mol. The van der Waals surface area contributed by atoms with Crippen molar-refractivity contribution in [3.8, 4) is 0 Å². The van der Waals surface area contributed by atoms with Gasteiger partial charge in [0.1, 0.15) is 5.15 Å². The maximum Gasteiger partial charge on any atom is 0.259 e. The van der Waals surface area contributed by atoms with E-state index >= 15 is 0 Å². The molecule has 1 amide bonds. The number of piperidine rings is 1. The Morgan fingerprint density at radius 3 is 2.86 bits per heavy atom. The van der Waals surface area contributed by atoms with Crippen molar-refractivity contribution in [1.29, 1.82) is 0 Å². The van der Waals surface area contributed by atoms with Gasteiger partial charge in [0, 0.05) is 18.1 Å². The second-order valence-corrected chi connectivity index (χ2v) is 6.55. The van der Waals surface area contributed by atoms with Crippen LogP contribution in [0.15, 0.2) is 23.7 Å². The number of halogens is 1. The quantitative estimate of drug-likeness (QED) is 0.869. The normalized spacial score (nSPS) is 15.7. The van der Waals surface area contributed by atoms with Gasteiger partial charge in [-0.25, -0.2) is 9.97 Å². The van der Waals surface area contributed by atoms with E-state index in [4.69, 9.17) is 11.6 Å². The van der Waals surface area contributed by atoms with Gasteiger partial charge >= 0.3 is 0 Å². The monoisotopic (exact) mass is 336 g/mol. The lowest BCUT2D eigenvalue weighted by Gasteiger charge is -2.25. The minimum atomic E-state index is -0.219. The van der Waals surface area contributed by atoms with Gasteiger partial charge in [-0.3, -0.25) is 15.0 Å². The third-order valence-electron chi connectivity index (χ3n) is 3.60. The zero-order valence-electron chi connectivity index (χ0n) is 12.1. The third kappa shape index (κ3) is 4.03. The summed E-state index contributed by atoms with van der Waals surface area (Å²) in [5, 5.41) is 5.79. The van der Waals surface area contributed by atoms with Gasteiger partial charge in [-0.2, -0.15) is 0 Å². The molecule has 1 aliphatic rings. The summed E-state index contributed by atoms with van der Waals surface area (Å²) in [6.07, 6.45) is 5.30. The van der Waals surface area contributed by atoms with Gasteiger partial charge in [0.25, 0.3) is 5.91 Å². The second-order valence-electron chi connectivity index (χ2n) is 5.30. The van der Waals surface area contributed by atoms with E-state index in [2.05, 4.69) is 20.2 Å². The number of rotatable bonds is 4. The Morgan fingerprint density at radius 2 is 2.14 bits per heavy atom. The van der Waals surface area contributed by atoms with Crippen LogP contribution >= 0.6 is 22.9 Å². The molecule has 7 heteroatoms. The summed E-state index contributed by atoms with van der Waals surface area (Å²) in [5.41, 5.74) is 1.48. The van der Waals surface area contributed by atoms with Crippen LogP contribution in [0.2, 0.25) is 5.15 Å². The van der Waals surface area contributed by atoms with Gasteiger partial charge < -0.3 is 0 Å². The number of hydrogen-bond donors (Lipinski definition) is 1. The maximum atomic E-state index is 12.1. The van der Waals surface area contributed by atoms with E-state index < -0.39 is 0 Å². The molecule has 1 N–H and O–H groups in total. The number of carbonyl (C=O) groups is 1. The van der Waals surface area contributed by atoms with Crippen LogP contribution in [0.4, 0.5) is 5.13 Å². The summed E-state index contributed by atoms with van der Waals surface area (Å²) in [6.45, 7) is 3.13. The Labute approximate surface area is 138 Å². The largest absolute Gasteiger partial charge is 0.298 e. The molecule has 0 spiro atoms. The van der Waals surface area contributed by atoms with Gasteiger partial charge in [-0.05, 0) is 38.1 Å². The summed E-state index contributed by atoms with van der Waals surface area (Å²) in [6, 6.07) is 3.24. The van der Waals surface area contributed by atoms with Gasteiger partial charge in [0.2, 0.25) is 0 Å². The summed E-state index contributed by atoms with van der Waals surface area (Å²) in [4.78, 5) is 22.9. The van der Waals surface area contributed by atoms with Crippen molar-refractivity contribution in [3.63, 3.8) is 0 Å². The van der Waals surface area contributed by atoms with E-state index in [0.717, 1.165) is 25.3 Å². The van der Waals surface area contributed by atoms with Crippen LogP contribution in [0.25, 0.3) is 0 Å². The Kier molecular flexibility index (Phi) is 5.02. The standard InChI is InChI=1S/C15H17ClN4OS/c16-13-5-4-11(8-17-13)14(21)19-15-18-12(10-22-15)9-20-6-2-1-3-7-20/h4-5,8,10H,1-3,6-7,9H2,(H,18,19,21). The number of nitrogens with one attached hydrogen (secondary N) is 1. The first-order chi connectivity index (χ1) is 10.7. The number of carbonyl (C=O) groups excluding carboxylic acids is 1. The minimum absolute atomic E-state index is 0.219. The molecule has 5 nitrogen and oxygen atoms in total. The Bertz CT molecular complexity index is 637. The molecule has 0 aromatic carbocycles. The molecule has 0 atom stereocenters. The van der Waals surface area contributed by atoms with E-state index in [9.17, 15) is 4.79 Å². The molecule has 1 saturated heterocycles. The highest BCUT2D eigenvalue weighted by molar-refractivity contribution is 7.13. The number of thiazole rings is 1. The van der Waals surface area contributed by atoms with E-state index in [-0.39, 0.29) is 5.91 Å². The molecule has 0 radical (unpaired) electrons. The van der Waals surface area contributed by atoms with Crippen molar-refractivity contribution in [2.75, 3.05) is 18.4 Å². The number of hydrogen-bond acceptors (Lipinski definition) is 5. The molecule has 0 saturated carbocycles. The molecule has 2 aromatic heterocycles. The lowest BCUT2D eigenvalue weighted by molar-refractivity contribution is 0.102. The molecule has 3 rings (SSSR count). The molecular formula is C15H17ClN4OS. The Hall–Kier alpha value is -1.50. The highest BCUT2D eigenvalue weighted by Crippen LogP contribution is 2.19. The van der Waals surface area contributed by atoms with Crippen LogP contribution in [0.3, 0.4) is 0 Å². The zero-order chi connectivity index (χ0) is 15.4. The number of anilines is 1. The van der Waals surface area contributed by atoms with Crippen molar-refractivity contribution < 1.29 is 4.79 Å². The van der Waals surface area contributed by atoms with Crippen LogP contribution in [0, 0.1) is 0 Å². The van der Waals surface area contributed by atoms with E-state index in [1.807, 2.05) is 5.38 Å². The van der Waals surface area contributed by atoms with E-state index in [1.54, 1.807) is 12.1 Å². The average Bonchev–Trinajstić information content (AvgIpc) is 2.96. The molecule has 0 aliphatic carbocycles. The predicted molar refractivity (Wildman–Crippen MR) is 88.4 cm³/mol. The summed E-state index contributed by atoms with van der Waals surface area (Å²) < 4.78 is 0. The number of pyridine rings is 1. The number of likely N-dealkylation sites (tertiary alicyclic amines) is 1. The molecule has 22 heavy (non-hydrogen) atoms. The first-order valence-corrected chi connectivity index (χ1v) is 8.56. The molecule has 3 heterocycles. The van der Waals surface area contributed by atoms with Crippen molar-refractivity contribution >= 4 is 34.0 Å². The SMILES string of the molecule is O=C(Nc1nc(CN2CCCCC2)cs1)c1ccc(Cl)nc1. The van der Waals surface area contributed by atoms with Crippen LogP contribution in [-0.4, -0.2) is 33.9 Å². The van der Waals surface area contributed by atoms with E-state index in [0.29, 0.717) is 15.8 Å². The van der Waals surface area contributed by atoms with E-state index in [1.165, 1.54) is 36.8 Å². The van der Waals surface area contributed by atoms with Gasteiger partial charge in [-0.1, -0.05) is 18.0 Å². The summed E-state index contributed by atoms with van der Waals surface area (Å²) >= 11 is 7.16. The fourth-order valence-electron chi connectivity index (χ4n) is 2.46. The van der Waals surface area contributed by atoms with Crippen LogP contribution in [0.1, 0.15) is 35.3 Å².